The molecule has 7 heteroatoms. The number of carbonyl (C=O) groups is 2. The highest BCUT2D eigenvalue weighted by molar-refractivity contribution is 6.48. The average Bonchev–Trinajstić information content (AvgIpc) is 3.10. The first kappa shape index (κ1) is 22.1. The molecular formula is C26H25N3O4. The summed E-state index contributed by atoms with van der Waals surface area (Å²) in [6.45, 7) is 4.47. The summed E-state index contributed by atoms with van der Waals surface area (Å²) >= 11 is 0. The standard InChI is InChI=1S/C26H25N3O4/c1-16-5-7-18(8-6-16)15-29-17(2)24(21-14-20(32-3)9-10-22(21)29)25(30)26(31)28-19-11-12-27-23(13-19)33-4/h5-14H,15H2,1-4H3,(H,27,28,31). The van der Waals surface area contributed by atoms with Gasteiger partial charge in [0.25, 0.3) is 11.7 Å². The van der Waals surface area contributed by atoms with Gasteiger partial charge in [0, 0.05) is 41.1 Å². The first-order valence-electron chi connectivity index (χ1n) is 10.5. The highest BCUT2D eigenvalue weighted by atomic mass is 16.5. The highest BCUT2D eigenvalue weighted by Crippen LogP contribution is 2.31. The van der Waals surface area contributed by atoms with Crippen molar-refractivity contribution in [1.29, 1.82) is 0 Å². The molecule has 4 aromatic rings. The second-order valence-corrected chi connectivity index (χ2v) is 7.79. The Hall–Kier alpha value is -4.13. The lowest BCUT2D eigenvalue weighted by molar-refractivity contribution is -0.112. The van der Waals surface area contributed by atoms with Crippen LogP contribution in [0.4, 0.5) is 5.69 Å². The number of aryl methyl sites for hydroxylation is 1. The molecule has 0 bridgehead atoms. The minimum absolute atomic E-state index is 0.343. The van der Waals surface area contributed by atoms with Crippen molar-refractivity contribution in [2.75, 3.05) is 19.5 Å². The molecule has 4 rings (SSSR count). The van der Waals surface area contributed by atoms with E-state index in [0.717, 1.165) is 11.1 Å². The Morgan fingerprint density at radius 3 is 2.42 bits per heavy atom. The number of hydrogen-bond acceptors (Lipinski definition) is 5. The lowest BCUT2D eigenvalue weighted by Crippen LogP contribution is -2.23. The van der Waals surface area contributed by atoms with Gasteiger partial charge < -0.3 is 19.4 Å². The normalized spacial score (nSPS) is 10.8. The molecular weight excluding hydrogens is 418 g/mol. The number of fused-ring (bicyclic) bond motifs is 1. The number of amides is 1. The van der Waals surface area contributed by atoms with Gasteiger partial charge >= 0.3 is 0 Å². The van der Waals surface area contributed by atoms with Gasteiger partial charge in [-0.25, -0.2) is 4.98 Å². The van der Waals surface area contributed by atoms with Crippen molar-refractivity contribution in [2.45, 2.75) is 20.4 Å². The first-order chi connectivity index (χ1) is 15.9. The van der Waals surface area contributed by atoms with Crippen molar-refractivity contribution in [3.8, 4) is 11.6 Å². The fraction of sp³-hybridized carbons (Fsp3) is 0.192. The van der Waals surface area contributed by atoms with E-state index in [4.69, 9.17) is 9.47 Å². The summed E-state index contributed by atoms with van der Waals surface area (Å²) in [6, 6.07) is 17.0. The van der Waals surface area contributed by atoms with Crippen LogP contribution in [0, 0.1) is 13.8 Å². The number of anilines is 1. The van der Waals surface area contributed by atoms with Gasteiger partial charge in [0.1, 0.15) is 5.75 Å². The quantitative estimate of drug-likeness (QED) is 0.335. The van der Waals surface area contributed by atoms with Gasteiger partial charge in [-0.1, -0.05) is 29.8 Å². The third-order valence-corrected chi connectivity index (χ3v) is 5.63. The number of methoxy groups -OCH3 is 2. The Labute approximate surface area is 192 Å². The van der Waals surface area contributed by atoms with Crippen LogP contribution in [0.1, 0.15) is 27.2 Å². The third-order valence-electron chi connectivity index (χ3n) is 5.63. The van der Waals surface area contributed by atoms with Gasteiger partial charge in [-0.15, -0.1) is 0 Å². The maximum Gasteiger partial charge on any atom is 0.296 e. The Bertz CT molecular complexity index is 1340. The molecule has 7 nitrogen and oxygen atoms in total. The van der Waals surface area contributed by atoms with Crippen molar-refractivity contribution in [1.82, 2.24) is 9.55 Å². The molecule has 0 spiro atoms. The zero-order valence-electron chi connectivity index (χ0n) is 19.0. The van der Waals surface area contributed by atoms with Crippen LogP contribution in [0.3, 0.4) is 0 Å². The maximum atomic E-state index is 13.3. The predicted octanol–water partition coefficient (Wildman–Crippen LogP) is 4.54. The molecule has 0 saturated heterocycles. The molecule has 0 fully saturated rings. The molecule has 0 aliphatic rings. The van der Waals surface area contributed by atoms with Crippen molar-refractivity contribution in [3.05, 3.63) is 83.2 Å². The van der Waals surface area contributed by atoms with Gasteiger partial charge in [-0.2, -0.15) is 0 Å². The summed E-state index contributed by atoms with van der Waals surface area (Å²) < 4.78 is 12.5. The third kappa shape index (κ3) is 4.43. The van der Waals surface area contributed by atoms with Crippen LogP contribution >= 0.6 is 0 Å². The molecule has 1 amide bonds. The molecule has 2 aromatic carbocycles. The van der Waals surface area contributed by atoms with E-state index in [9.17, 15) is 9.59 Å². The number of nitrogens with zero attached hydrogens (tertiary/aromatic N) is 2. The summed E-state index contributed by atoms with van der Waals surface area (Å²) in [5.74, 6) is -0.396. The summed E-state index contributed by atoms with van der Waals surface area (Å²) in [4.78, 5) is 30.3. The number of rotatable bonds is 7. The van der Waals surface area contributed by atoms with E-state index in [1.165, 1.54) is 18.9 Å². The smallest absolute Gasteiger partial charge is 0.296 e. The molecule has 0 radical (unpaired) electrons. The summed E-state index contributed by atoms with van der Waals surface area (Å²) in [6.07, 6.45) is 1.50. The number of nitrogens with one attached hydrogen (secondary N) is 1. The first-order valence-corrected chi connectivity index (χ1v) is 10.5. The minimum Gasteiger partial charge on any atom is -0.497 e. The minimum atomic E-state index is -0.733. The lowest BCUT2D eigenvalue weighted by Gasteiger charge is -2.10. The van der Waals surface area contributed by atoms with Crippen LogP contribution in [0.2, 0.25) is 0 Å². The van der Waals surface area contributed by atoms with Gasteiger partial charge in [0.05, 0.1) is 19.8 Å². The number of hydrogen-bond donors (Lipinski definition) is 1. The number of benzene rings is 2. The maximum absolute atomic E-state index is 13.3. The lowest BCUT2D eigenvalue weighted by atomic mass is 10.1. The molecule has 0 saturated carbocycles. The van der Waals surface area contributed by atoms with E-state index in [0.29, 0.717) is 40.5 Å². The molecule has 1 N–H and O–H groups in total. The Balaban J connectivity index is 1.75. The van der Waals surface area contributed by atoms with Crippen LogP contribution in [0.5, 0.6) is 11.6 Å². The van der Waals surface area contributed by atoms with E-state index in [1.807, 2.05) is 26.0 Å². The monoisotopic (exact) mass is 443 g/mol. The second kappa shape index (κ2) is 9.16. The molecule has 2 aromatic heterocycles. The number of pyridine rings is 1. The summed E-state index contributed by atoms with van der Waals surface area (Å²) in [7, 11) is 3.06. The van der Waals surface area contributed by atoms with E-state index in [2.05, 4.69) is 39.1 Å². The highest BCUT2D eigenvalue weighted by Gasteiger charge is 2.26. The Kier molecular flexibility index (Phi) is 6.13. The number of carbonyl (C=O) groups excluding carboxylic acids is 2. The van der Waals surface area contributed by atoms with Gasteiger partial charge in [-0.3, -0.25) is 9.59 Å². The summed E-state index contributed by atoms with van der Waals surface area (Å²) in [5, 5.41) is 3.32. The summed E-state index contributed by atoms with van der Waals surface area (Å²) in [5.41, 5.74) is 4.64. The Morgan fingerprint density at radius 2 is 1.73 bits per heavy atom. The number of aromatic nitrogens is 2. The van der Waals surface area contributed by atoms with Crippen molar-refractivity contribution in [2.24, 2.45) is 0 Å². The number of Topliss-reactive ketones (excluding diaryl/α,β-unsaturated/α-hetero) is 1. The van der Waals surface area contributed by atoms with Crippen LogP contribution in [-0.4, -0.2) is 35.5 Å². The topological polar surface area (TPSA) is 82.5 Å². The van der Waals surface area contributed by atoms with Gasteiger partial charge in [0.15, 0.2) is 0 Å². The van der Waals surface area contributed by atoms with E-state index in [-0.39, 0.29) is 0 Å². The van der Waals surface area contributed by atoms with E-state index >= 15 is 0 Å². The van der Waals surface area contributed by atoms with Gasteiger partial charge in [0.2, 0.25) is 5.88 Å². The molecule has 33 heavy (non-hydrogen) atoms. The molecule has 0 atom stereocenters. The van der Waals surface area contributed by atoms with Crippen LogP contribution in [-0.2, 0) is 11.3 Å². The molecule has 0 aliphatic heterocycles. The Morgan fingerprint density at radius 1 is 0.970 bits per heavy atom. The largest absolute Gasteiger partial charge is 0.497 e. The van der Waals surface area contributed by atoms with Crippen LogP contribution in [0.15, 0.2) is 60.8 Å². The fourth-order valence-corrected chi connectivity index (χ4v) is 3.85. The van der Waals surface area contributed by atoms with Crippen molar-refractivity contribution >= 4 is 28.3 Å². The van der Waals surface area contributed by atoms with E-state index < -0.39 is 11.7 Å². The fourth-order valence-electron chi connectivity index (χ4n) is 3.85. The second-order valence-electron chi connectivity index (χ2n) is 7.79. The molecule has 168 valence electrons. The SMILES string of the molecule is COc1ccc2c(c1)c(C(=O)C(=O)Nc1ccnc(OC)c1)c(C)n2Cc1ccc(C)cc1. The molecule has 0 aliphatic carbocycles. The zero-order valence-corrected chi connectivity index (χ0v) is 19.0. The van der Waals surface area contributed by atoms with Crippen LogP contribution < -0.4 is 14.8 Å². The van der Waals surface area contributed by atoms with Crippen LogP contribution in [0.25, 0.3) is 10.9 Å². The number of ether oxygens (including phenoxy) is 2. The van der Waals surface area contributed by atoms with E-state index in [1.54, 1.807) is 25.3 Å². The number of ketones is 1. The van der Waals surface area contributed by atoms with Crippen molar-refractivity contribution in [3.63, 3.8) is 0 Å². The van der Waals surface area contributed by atoms with Crippen molar-refractivity contribution < 1.29 is 19.1 Å². The van der Waals surface area contributed by atoms with Gasteiger partial charge in [-0.05, 0) is 43.7 Å². The average molecular weight is 444 g/mol. The zero-order chi connectivity index (χ0) is 23.5. The molecule has 0 unspecified atom stereocenters. The molecule has 2 heterocycles. The predicted molar refractivity (Wildman–Crippen MR) is 127 cm³/mol.